The molecule has 0 saturated carbocycles. The molecule has 2 aromatic rings. The summed E-state index contributed by atoms with van der Waals surface area (Å²) >= 11 is 0. The van der Waals surface area contributed by atoms with E-state index in [1.54, 1.807) is 12.1 Å². The highest BCUT2D eigenvalue weighted by Crippen LogP contribution is 2.14. The van der Waals surface area contributed by atoms with Crippen LogP contribution in [0, 0.1) is 0 Å². The van der Waals surface area contributed by atoms with Crippen molar-refractivity contribution < 1.29 is 24.2 Å². The van der Waals surface area contributed by atoms with Gasteiger partial charge < -0.3 is 15.2 Å². The molecule has 0 aliphatic rings. The maximum absolute atomic E-state index is 12.1. The Morgan fingerprint density at radius 2 is 2.05 bits per heavy atom. The van der Waals surface area contributed by atoms with Gasteiger partial charge in [0, 0.05) is 18.9 Å². The highest BCUT2D eigenvalue weighted by Gasteiger charge is 2.21. The number of carbonyl (C=O) groups is 3. The second-order valence-electron chi connectivity index (χ2n) is 4.40. The number of carbonyl (C=O) groups excluding carboxylic acids is 2. The minimum Gasteiger partial charge on any atom is -0.478 e. The van der Waals surface area contributed by atoms with Gasteiger partial charge >= 0.3 is 11.9 Å². The van der Waals surface area contributed by atoms with Crippen molar-refractivity contribution in [2.24, 2.45) is 7.05 Å². The molecule has 2 rings (SSSR count). The fourth-order valence-electron chi connectivity index (χ4n) is 1.84. The standard InChI is InChI=1S/C14H13N3O5/c1-17-7-10(13(19)20)11(16-17)12(18)15-9-5-3-4-8(6-9)14(21)22-2/h3-7H,1-2H3,(H,15,18)(H,19,20). The summed E-state index contributed by atoms with van der Waals surface area (Å²) in [6.45, 7) is 0. The summed E-state index contributed by atoms with van der Waals surface area (Å²) < 4.78 is 5.83. The molecule has 1 heterocycles. The molecule has 0 unspecified atom stereocenters. The average molecular weight is 303 g/mol. The molecule has 0 aliphatic carbocycles. The van der Waals surface area contributed by atoms with E-state index in [-0.39, 0.29) is 16.8 Å². The van der Waals surface area contributed by atoms with Gasteiger partial charge in [-0.2, -0.15) is 5.10 Å². The molecule has 0 spiro atoms. The highest BCUT2D eigenvalue weighted by atomic mass is 16.5. The lowest BCUT2D eigenvalue weighted by molar-refractivity contribution is 0.0599. The van der Waals surface area contributed by atoms with E-state index in [1.165, 1.54) is 37.2 Å². The van der Waals surface area contributed by atoms with Crippen LogP contribution in [0.2, 0.25) is 0 Å². The maximum Gasteiger partial charge on any atom is 0.339 e. The molecule has 1 aromatic heterocycles. The number of anilines is 1. The Bertz CT molecular complexity index is 751. The lowest BCUT2D eigenvalue weighted by Crippen LogP contribution is -2.16. The van der Waals surface area contributed by atoms with Crippen molar-refractivity contribution in [3.05, 3.63) is 47.3 Å². The lowest BCUT2D eigenvalue weighted by Gasteiger charge is -2.05. The molecular formula is C14H13N3O5. The SMILES string of the molecule is COC(=O)c1cccc(NC(=O)c2nn(C)cc2C(=O)O)c1. The number of carboxylic acids is 1. The molecule has 1 aromatic carbocycles. The highest BCUT2D eigenvalue weighted by molar-refractivity contribution is 6.09. The number of hydrogen-bond acceptors (Lipinski definition) is 5. The van der Waals surface area contributed by atoms with Gasteiger partial charge in [-0.05, 0) is 18.2 Å². The van der Waals surface area contributed by atoms with Crippen molar-refractivity contribution in [1.29, 1.82) is 0 Å². The number of aryl methyl sites for hydroxylation is 1. The van der Waals surface area contributed by atoms with Crippen LogP contribution in [0.3, 0.4) is 0 Å². The molecule has 0 radical (unpaired) electrons. The molecule has 0 saturated heterocycles. The van der Waals surface area contributed by atoms with Crippen LogP contribution >= 0.6 is 0 Å². The first-order chi connectivity index (χ1) is 10.4. The van der Waals surface area contributed by atoms with Crippen molar-refractivity contribution in [3.8, 4) is 0 Å². The van der Waals surface area contributed by atoms with Crippen molar-refractivity contribution in [2.45, 2.75) is 0 Å². The Hall–Kier alpha value is -3.16. The third-order valence-electron chi connectivity index (χ3n) is 2.82. The number of amides is 1. The van der Waals surface area contributed by atoms with Crippen LogP contribution in [0.25, 0.3) is 0 Å². The topological polar surface area (TPSA) is 111 Å². The fourth-order valence-corrected chi connectivity index (χ4v) is 1.84. The van der Waals surface area contributed by atoms with Crippen LogP contribution in [0.5, 0.6) is 0 Å². The van der Waals surface area contributed by atoms with Crippen LogP contribution in [-0.2, 0) is 11.8 Å². The van der Waals surface area contributed by atoms with Crippen molar-refractivity contribution >= 4 is 23.5 Å². The Kier molecular flexibility index (Phi) is 4.21. The van der Waals surface area contributed by atoms with E-state index in [0.29, 0.717) is 5.69 Å². The molecule has 0 bridgehead atoms. The van der Waals surface area contributed by atoms with Crippen molar-refractivity contribution in [3.63, 3.8) is 0 Å². The number of nitrogens with one attached hydrogen (secondary N) is 1. The minimum absolute atomic E-state index is 0.205. The van der Waals surface area contributed by atoms with Gasteiger partial charge in [0.1, 0.15) is 5.56 Å². The molecule has 1 amide bonds. The summed E-state index contributed by atoms with van der Waals surface area (Å²) in [5.74, 6) is -2.47. The van der Waals surface area contributed by atoms with Gasteiger partial charge in [0.2, 0.25) is 0 Å². The molecule has 114 valence electrons. The molecule has 0 atom stereocenters. The number of methoxy groups -OCH3 is 1. The average Bonchev–Trinajstić information content (AvgIpc) is 2.89. The van der Waals surface area contributed by atoms with Gasteiger partial charge in [-0.1, -0.05) is 6.07 Å². The number of benzene rings is 1. The monoisotopic (exact) mass is 303 g/mol. The minimum atomic E-state index is -1.25. The fraction of sp³-hybridized carbons (Fsp3) is 0.143. The largest absolute Gasteiger partial charge is 0.478 e. The van der Waals surface area contributed by atoms with Gasteiger partial charge in [0.25, 0.3) is 5.91 Å². The Balaban J connectivity index is 2.26. The van der Waals surface area contributed by atoms with E-state index < -0.39 is 17.8 Å². The summed E-state index contributed by atoms with van der Waals surface area (Å²) in [4.78, 5) is 34.7. The summed E-state index contributed by atoms with van der Waals surface area (Å²) in [6, 6.07) is 6.09. The second-order valence-corrected chi connectivity index (χ2v) is 4.40. The second kappa shape index (κ2) is 6.08. The Labute approximate surface area is 125 Å². The van der Waals surface area contributed by atoms with Gasteiger partial charge in [0.05, 0.1) is 12.7 Å². The van der Waals surface area contributed by atoms with Gasteiger partial charge in [-0.3, -0.25) is 9.48 Å². The summed E-state index contributed by atoms with van der Waals surface area (Å²) in [6.07, 6.45) is 1.24. The summed E-state index contributed by atoms with van der Waals surface area (Å²) in [7, 11) is 2.77. The molecule has 8 heteroatoms. The number of nitrogens with zero attached hydrogens (tertiary/aromatic N) is 2. The zero-order valence-corrected chi connectivity index (χ0v) is 11.9. The number of ether oxygens (including phenoxy) is 1. The van der Waals surface area contributed by atoms with E-state index in [4.69, 9.17) is 5.11 Å². The number of rotatable bonds is 4. The van der Waals surface area contributed by atoms with E-state index in [2.05, 4.69) is 15.2 Å². The van der Waals surface area contributed by atoms with Gasteiger partial charge in [-0.25, -0.2) is 9.59 Å². The first-order valence-electron chi connectivity index (χ1n) is 6.19. The van der Waals surface area contributed by atoms with Gasteiger partial charge in [0.15, 0.2) is 5.69 Å². The zero-order valence-electron chi connectivity index (χ0n) is 11.9. The number of aromatic nitrogens is 2. The van der Waals surface area contributed by atoms with Crippen LogP contribution in [0.4, 0.5) is 5.69 Å². The number of carboxylic acid groups (broad SMARTS) is 1. The molecule has 0 fully saturated rings. The molecule has 22 heavy (non-hydrogen) atoms. The van der Waals surface area contributed by atoms with Crippen LogP contribution in [-0.4, -0.2) is 39.8 Å². The molecule has 2 N–H and O–H groups in total. The third kappa shape index (κ3) is 3.11. The van der Waals surface area contributed by atoms with Crippen molar-refractivity contribution in [1.82, 2.24) is 9.78 Å². The maximum atomic E-state index is 12.1. The first-order valence-corrected chi connectivity index (χ1v) is 6.19. The zero-order chi connectivity index (χ0) is 16.3. The van der Waals surface area contributed by atoms with Crippen LogP contribution in [0.15, 0.2) is 30.5 Å². The van der Waals surface area contributed by atoms with Crippen LogP contribution < -0.4 is 5.32 Å². The predicted octanol–water partition coefficient (Wildman–Crippen LogP) is 1.16. The predicted molar refractivity (Wildman–Crippen MR) is 75.9 cm³/mol. The normalized spacial score (nSPS) is 10.1. The van der Waals surface area contributed by atoms with Gasteiger partial charge in [-0.15, -0.1) is 0 Å². The number of esters is 1. The quantitative estimate of drug-likeness (QED) is 0.820. The van der Waals surface area contributed by atoms with Crippen LogP contribution in [0.1, 0.15) is 31.2 Å². The summed E-state index contributed by atoms with van der Waals surface area (Å²) in [5, 5.41) is 15.4. The van der Waals surface area contributed by atoms with Crippen molar-refractivity contribution in [2.75, 3.05) is 12.4 Å². The number of hydrogen-bond donors (Lipinski definition) is 2. The smallest absolute Gasteiger partial charge is 0.339 e. The van der Waals surface area contributed by atoms with E-state index in [1.807, 2.05) is 0 Å². The lowest BCUT2D eigenvalue weighted by atomic mass is 10.2. The first kappa shape index (κ1) is 15.2. The molecule has 0 aliphatic heterocycles. The van der Waals surface area contributed by atoms with E-state index in [9.17, 15) is 14.4 Å². The summed E-state index contributed by atoms with van der Waals surface area (Å²) in [5.41, 5.74) is 0.178. The Morgan fingerprint density at radius 1 is 1.32 bits per heavy atom. The van der Waals surface area contributed by atoms with E-state index >= 15 is 0 Å². The molecular weight excluding hydrogens is 290 g/mol. The molecule has 8 nitrogen and oxygen atoms in total. The third-order valence-corrected chi connectivity index (χ3v) is 2.82. The van der Waals surface area contributed by atoms with E-state index in [0.717, 1.165) is 0 Å². The number of aromatic carboxylic acids is 1. The Morgan fingerprint density at radius 3 is 2.68 bits per heavy atom.